The summed E-state index contributed by atoms with van der Waals surface area (Å²) in [4.78, 5) is 0. The summed E-state index contributed by atoms with van der Waals surface area (Å²) >= 11 is 5.93. The molecule has 0 aromatic heterocycles. The van der Waals surface area contributed by atoms with Crippen molar-refractivity contribution >= 4 is 11.6 Å². The highest BCUT2D eigenvalue weighted by atomic mass is 35.5. The molecule has 0 fully saturated rings. The Morgan fingerprint density at radius 2 is 2.00 bits per heavy atom. The third-order valence-corrected chi connectivity index (χ3v) is 2.90. The highest BCUT2D eigenvalue weighted by Crippen LogP contribution is 2.27. The lowest BCUT2D eigenvalue weighted by Gasteiger charge is -2.19. The Kier molecular flexibility index (Phi) is 5.00. The molecule has 2 unspecified atom stereocenters. The first-order valence-corrected chi connectivity index (χ1v) is 5.68. The van der Waals surface area contributed by atoms with Crippen LogP contribution in [0.2, 0.25) is 5.02 Å². The van der Waals surface area contributed by atoms with Crippen LogP contribution in [-0.4, -0.2) is 12.7 Å². The van der Waals surface area contributed by atoms with Gasteiger partial charge in [0.25, 0.3) is 0 Å². The van der Waals surface area contributed by atoms with E-state index in [-0.39, 0.29) is 6.04 Å². The maximum atomic E-state index is 12.4. The van der Waals surface area contributed by atoms with Gasteiger partial charge in [-0.3, -0.25) is 0 Å². The Hall–Kier alpha value is -1.25. The zero-order chi connectivity index (χ0) is 13.8. The second-order valence-electron chi connectivity index (χ2n) is 3.87. The van der Waals surface area contributed by atoms with E-state index in [1.807, 2.05) is 0 Å². The van der Waals surface area contributed by atoms with E-state index in [2.05, 4.69) is 5.32 Å². The Morgan fingerprint density at radius 3 is 2.50 bits per heavy atom. The van der Waals surface area contributed by atoms with Crippen LogP contribution in [0.1, 0.15) is 18.5 Å². The summed E-state index contributed by atoms with van der Waals surface area (Å²) in [5.41, 5.74) is 0.707. The summed E-state index contributed by atoms with van der Waals surface area (Å²) in [7, 11) is 0. The van der Waals surface area contributed by atoms with E-state index < -0.39 is 18.6 Å². The molecular formula is C12H12ClF3N2. The summed E-state index contributed by atoms with van der Waals surface area (Å²) in [6.45, 7) is 1.25. The highest BCUT2D eigenvalue weighted by Gasteiger charge is 2.39. The molecule has 0 saturated carbocycles. The van der Waals surface area contributed by atoms with Crippen molar-refractivity contribution in [3.8, 4) is 6.07 Å². The Bertz CT molecular complexity index is 440. The summed E-state index contributed by atoms with van der Waals surface area (Å²) in [5.74, 6) is -2.01. The predicted molar refractivity (Wildman–Crippen MR) is 63.0 cm³/mol. The van der Waals surface area contributed by atoms with Crippen LogP contribution in [0.25, 0.3) is 0 Å². The molecule has 0 aliphatic rings. The SMILES string of the molecule is CC(NCC(C#N)C(F)(F)F)c1ccccc1Cl. The van der Waals surface area contributed by atoms with Gasteiger partial charge in [0.2, 0.25) is 0 Å². The van der Waals surface area contributed by atoms with Crippen molar-refractivity contribution in [2.24, 2.45) is 5.92 Å². The van der Waals surface area contributed by atoms with Crippen molar-refractivity contribution in [1.82, 2.24) is 5.32 Å². The monoisotopic (exact) mass is 276 g/mol. The standard InChI is InChI=1S/C12H12ClF3N2/c1-8(10-4-2-3-5-11(10)13)18-7-9(6-17)12(14,15)16/h2-5,8-9,18H,7H2,1H3. The molecule has 6 heteroatoms. The third-order valence-electron chi connectivity index (χ3n) is 2.55. The summed E-state index contributed by atoms with van der Waals surface area (Å²) < 4.78 is 37.1. The van der Waals surface area contributed by atoms with E-state index in [4.69, 9.17) is 16.9 Å². The number of hydrogen-bond acceptors (Lipinski definition) is 2. The van der Waals surface area contributed by atoms with Gasteiger partial charge in [-0.2, -0.15) is 18.4 Å². The average Bonchev–Trinajstić information content (AvgIpc) is 2.28. The molecule has 0 saturated heterocycles. The maximum absolute atomic E-state index is 12.4. The zero-order valence-electron chi connectivity index (χ0n) is 9.63. The second kappa shape index (κ2) is 6.07. The van der Waals surface area contributed by atoms with Crippen molar-refractivity contribution in [2.75, 3.05) is 6.54 Å². The first-order chi connectivity index (χ1) is 8.36. The van der Waals surface area contributed by atoms with Crippen LogP contribution in [0.15, 0.2) is 24.3 Å². The minimum atomic E-state index is -4.51. The highest BCUT2D eigenvalue weighted by molar-refractivity contribution is 6.31. The van der Waals surface area contributed by atoms with E-state index in [1.165, 1.54) is 6.07 Å². The van der Waals surface area contributed by atoms with Crippen molar-refractivity contribution in [1.29, 1.82) is 5.26 Å². The van der Waals surface area contributed by atoms with Gasteiger partial charge in [-0.05, 0) is 18.6 Å². The van der Waals surface area contributed by atoms with Crippen LogP contribution in [-0.2, 0) is 0 Å². The molecule has 18 heavy (non-hydrogen) atoms. The lowest BCUT2D eigenvalue weighted by molar-refractivity contribution is -0.157. The van der Waals surface area contributed by atoms with E-state index in [0.717, 1.165) is 0 Å². The molecule has 1 aromatic carbocycles. The number of halogens is 4. The minimum absolute atomic E-state index is 0.350. The fraction of sp³-hybridized carbons (Fsp3) is 0.417. The summed E-state index contributed by atoms with van der Waals surface area (Å²) in [6, 6.07) is 7.79. The number of nitriles is 1. The molecule has 2 nitrogen and oxygen atoms in total. The lowest BCUT2D eigenvalue weighted by Crippen LogP contribution is -2.33. The number of nitrogens with zero attached hydrogens (tertiary/aromatic N) is 1. The Labute approximate surface area is 108 Å². The van der Waals surface area contributed by atoms with Crippen molar-refractivity contribution in [3.05, 3.63) is 34.9 Å². The quantitative estimate of drug-likeness (QED) is 0.910. The summed E-state index contributed by atoms with van der Waals surface area (Å²) in [5, 5.41) is 11.6. The van der Waals surface area contributed by atoms with Gasteiger partial charge in [0, 0.05) is 17.6 Å². The smallest absolute Gasteiger partial charge is 0.308 e. The third kappa shape index (κ3) is 3.90. The molecule has 2 atom stereocenters. The number of nitrogens with one attached hydrogen (secondary N) is 1. The first-order valence-electron chi connectivity index (χ1n) is 5.30. The van der Waals surface area contributed by atoms with E-state index >= 15 is 0 Å². The largest absolute Gasteiger partial charge is 0.405 e. The van der Waals surface area contributed by atoms with Gasteiger partial charge in [0.1, 0.15) is 0 Å². The van der Waals surface area contributed by atoms with E-state index in [1.54, 1.807) is 31.2 Å². The topological polar surface area (TPSA) is 35.8 Å². The van der Waals surface area contributed by atoms with Gasteiger partial charge in [-0.25, -0.2) is 0 Å². The van der Waals surface area contributed by atoms with E-state index in [0.29, 0.717) is 10.6 Å². The molecule has 0 amide bonds. The molecule has 1 N–H and O–H groups in total. The van der Waals surface area contributed by atoms with Crippen LogP contribution >= 0.6 is 11.6 Å². The molecule has 0 bridgehead atoms. The number of benzene rings is 1. The molecule has 0 spiro atoms. The molecular weight excluding hydrogens is 265 g/mol. The predicted octanol–water partition coefficient (Wildman–Crippen LogP) is 3.69. The molecule has 0 aliphatic heterocycles. The first kappa shape index (κ1) is 14.8. The molecule has 0 radical (unpaired) electrons. The fourth-order valence-corrected chi connectivity index (χ4v) is 1.76. The zero-order valence-corrected chi connectivity index (χ0v) is 10.4. The van der Waals surface area contributed by atoms with Crippen LogP contribution in [0.4, 0.5) is 13.2 Å². The molecule has 0 aliphatic carbocycles. The van der Waals surface area contributed by atoms with Crippen molar-refractivity contribution < 1.29 is 13.2 Å². The van der Waals surface area contributed by atoms with Crippen molar-refractivity contribution in [2.45, 2.75) is 19.1 Å². The van der Waals surface area contributed by atoms with Gasteiger partial charge < -0.3 is 5.32 Å². The second-order valence-corrected chi connectivity index (χ2v) is 4.28. The van der Waals surface area contributed by atoms with Crippen molar-refractivity contribution in [3.63, 3.8) is 0 Å². The molecule has 98 valence electrons. The Balaban J connectivity index is 2.65. The van der Waals surface area contributed by atoms with Gasteiger partial charge in [-0.15, -0.1) is 0 Å². The summed E-state index contributed by atoms with van der Waals surface area (Å²) in [6.07, 6.45) is -4.51. The van der Waals surface area contributed by atoms with Gasteiger partial charge in [-0.1, -0.05) is 29.8 Å². The van der Waals surface area contributed by atoms with Gasteiger partial charge in [0.15, 0.2) is 5.92 Å². The number of hydrogen-bond donors (Lipinski definition) is 1. The van der Waals surface area contributed by atoms with E-state index in [9.17, 15) is 13.2 Å². The van der Waals surface area contributed by atoms with Crippen LogP contribution < -0.4 is 5.32 Å². The molecule has 1 aromatic rings. The maximum Gasteiger partial charge on any atom is 0.405 e. The minimum Gasteiger partial charge on any atom is -0.308 e. The average molecular weight is 277 g/mol. The molecule has 0 heterocycles. The van der Waals surface area contributed by atoms with Crippen LogP contribution in [0, 0.1) is 17.2 Å². The number of alkyl halides is 3. The number of rotatable bonds is 4. The molecule has 1 rings (SSSR count). The normalized spacial score (nSPS) is 14.9. The van der Waals surface area contributed by atoms with Crippen LogP contribution in [0.5, 0.6) is 0 Å². The fourth-order valence-electron chi connectivity index (χ4n) is 1.47. The lowest BCUT2D eigenvalue weighted by atomic mass is 10.1. The van der Waals surface area contributed by atoms with Crippen LogP contribution in [0.3, 0.4) is 0 Å². The Morgan fingerprint density at radius 1 is 1.39 bits per heavy atom. The van der Waals surface area contributed by atoms with Gasteiger partial charge >= 0.3 is 6.18 Å². The van der Waals surface area contributed by atoms with Gasteiger partial charge in [0.05, 0.1) is 6.07 Å².